The van der Waals surface area contributed by atoms with Crippen molar-refractivity contribution in [2.45, 2.75) is 13.3 Å². The van der Waals surface area contributed by atoms with E-state index in [2.05, 4.69) is 0 Å². The second-order valence-electron chi connectivity index (χ2n) is 4.56. The number of carbonyl (C=O) groups excluding carboxylic acids is 3. The predicted molar refractivity (Wildman–Crippen MR) is 74.5 cm³/mol. The van der Waals surface area contributed by atoms with Crippen molar-refractivity contribution in [1.29, 1.82) is 0 Å². The summed E-state index contributed by atoms with van der Waals surface area (Å²) in [6.45, 7) is 2.08. The average Bonchev–Trinajstić information content (AvgIpc) is 2.87. The summed E-state index contributed by atoms with van der Waals surface area (Å²) in [5, 5.41) is 0. The van der Waals surface area contributed by atoms with Gasteiger partial charge < -0.3 is 0 Å². The van der Waals surface area contributed by atoms with E-state index in [9.17, 15) is 18.8 Å². The molecule has 0 saturated carbocycles. The minimum Gasteiger partial charge on any atom is -0.274 e. The standard InChI is InChI=1S/C15H15FN2O3/c1-2-13(19)17-9-10-18(15(17)21)14(20)8-5-11-3-6-12(16)7-4-11/h3-8H,2,9-10H2,1H3/b8-5+. The summed E-state index contributed by atoms with van der Waals surface area (Å²) < 4.78 is 12.8. The van der Waals surface area contributed by atoms with Crippen LogP contribution in [-0.4, -0.2) is 40.7 Å². The maximum absolute atomic E-state index is 12.8. The van der Waals surface area contributed by atoms with Gasteiger partial charge in [-0.05, 0) is 23.8 Å². The van der Waals surface area contributed by atoms with Crippen molar-refractivity contribution in [3.63, 3.8) is 0 Å². The number of rotatable bonds is 3. The number of hydrogen-bond donors (Lipinski definition) is 0. The number of halogens is 1. The van der Waals surface area contributed by atoms with Gasteiger partial charge in [-0.3, -0.25) is 19.4 Å². The number of nitrogens with zero attached hydrogens (tertiary/aromatic N) is 2. The highest BCUT2D eigenvalue weighted by Gasteiger charge is 2.34. The summed E-state index contributed by atoms with van der Waals surface area (Å²) in [4.78, 5) is 37.5. The van der Waals surface area contributed by atoms with Crippen LogP contribution < -0.4 is 0 Å². The zero-order chi connectivity index (χ0) is 15.4. The molecule has 1 aromatic rings. The molecular weight excluding hydrogens is 275 g/mol. The first-order valence-corrected chi connectivity index (χ1v) is 6.62. The highest BCUT2D eigenvalue weighted by Crippen LogP contribution is 2.12. The van der Waals surface area contributed by atoms with E-state index in [-0.39, 0.29) is 31.2 Å². The van der Waals surface area contributed by atoms with Crippen molar-refractivity contribution < 1.29 is 18.8 Å². The first kappa shape index (κ1) is 14.9. The molecule has 0 atom stereocenters. The molecule has 4 amide bonds. The lowest BCUT2D eigenvalue weighted by atomic mass is 10.2. The molecule has 0 N–H and O–H groups in total. The molecule has 2 rings (SSSR count). The second kappa shape index (κ2) is 6.30. The van der Waals surface area contributed by atoms with Crippen LogP contribution in [0.25, 0.3) is 6.08 Å². The van der Waals surface area contributed by atoms with Crippen LogP contribution >= 0.6 is 0 Å². The predicted octanol–water partition coefficient (Wildman–Crippen LogP) is 2.04. The van der Waals surface area contributed by atoms with E-state index in [1.54, 1.807) is 6.92 Å². The Kier molecular flexibility index (Phi) is 4.47. The number of carbonyl (C=O) groups is 3. The van der Waals surface area contributed by atoms with Gasteiger partial charge in [0.15, 0.2) is 0 Å². The van der Waals surface area contributed by atoms with Crippen molar-refractivity contribution in [1.82, 2.24) is 9.80 Å². The molecular formula is C15H15FN2O3. The third-order valence-corrected chi connectivity index (χ3v) is 3.17. The average molecular weight is 290 g/mol. The zero-order valence-corrected chi connectivity index (χ0v) is 11.6. The molecule has 1 fully saturated rings. The van der Waals surface area contributed by atoms with Crippen LogP contribution in [0.5, 0.6) is 0 Å². The van der Waals surface area contributed by atoms with E-state index in [1.807, 2.05) is 0 Å². The van der Waals surface area contributed by atoms with Crippen molar-refractivity contribution in [3.05, 3.63) is 41.7 Å². The van der Waals surface area contributed by atoms with Crippen LogP contribution in [0.4, 0.5) is 9.18 Å². The van der Waals surface area contributed by atoms with Gasteiger partial charge in [0, 0.05) is 25.6 Å². The molecule has 1 aliphatic heterocycles. The van der Waals surface area contributed by atoms with Gasteiger partial charge >= 0.3 is 6.03 Å². The molecule has 6 heteroatoms. The van der Waals surface area contributed by atoms with Crippen LogP contribution in [0.3, 0.4) is 0 Å². The van der Waals surface area contributed by atoms with E-state index in [4.69, 9.17) is 0 Å². The molecule has 0 spiro atoms. The number of hydrogen-bond acceptors (Lipinski definition) is 3. The summed E-state index contributed by atoms with van der Waals surface area (Å²) in [6, 6.07) is 5.03. The molecule has 0 bridgehead atoms. The maximum Gasteiger partial charge on any atom is 0.333 e. The molecule has 21 heavy (non-hydrogen) atoms. The molecule has 0 radical (unpaired) electrons. The number of imide groups is 2. The largest absolute Gasteiger partial charge is 0.333 e. The molecule has 1 heterocycles. The molecule has 110 valence electrons. The van der Waals surface area contributed by atoms with Gasteiger partial charge in [-0.2, -0.15) is 0 Å². The van der Waals surface area contributed by atoms with E-state index >= 15 is 0 Å². The third kappa shape index (κ3) is 3.34. The minimum absolute atomic E-state index is 0.192. The first-order chi connectivity index (χ1) is 10.0. The Balaban J connectivity index is 2.03. The SMILES string of the molecule is CCC(=O)N1CCN(C(=O)/C=C/c2ccc(F)cc2)C1=O. The Morgan fingerprint density at radius 2 is 1.81 bits per heavy atom. The van der Waals surface area contributed by atoms with Gasteiger partial charge in [0.1, 0.15) is 5.82 Å². The molecule has 1 aliphatic rings. The summed E-state index contributed by atoms with van der Waals surface area (Å²) in [5.41, 5.74) is 0.651. The molecule has 5 nitrogen and oxygen atoms in total. The lowest BCUT2D eigenvalue weighted by Crippen LogP contribution is -2.38. The van der Waals surface area contributed by atoms with Crippen LogP contribution in [-0.2, 0) is 9.59 Å². The van der Waals surface area contributed by atoms with Crippen molar-refractivity contribution >= 4 is 23.9 Å². The highest BCUT2D eigenvalue weighted by atomic mass is 19.1. The van der Waals surface area contributed by atoms with Crippen LogP contribution in [0.1, 0.15) is 18.9 Å². The molecule has 0 unspecified atom stereocenters. The lowest BCUT2D eigenvalue weighted by molar-refractivity contribution is -0.127. The van der Waals surface area contributed by atoms with Gasteiger partial charge in [-0.1, -0.05) is 19.1 Å². The number of urea groups is 1. The Morgan fingerprint density at radius 3 is 2.43 bits per heavy atom. The maximum atomic E-state index is 12.8. The van der Waals surface area contributed by atoms with E-state index in [1.165, 1.54) is 36.4 Å². The van der Waals surface area contributed by atoms with E-state index < -0.39 is 11.9 Å². The van der Waals surface area contributed by atoms with E-state index in [0.717, 1.165) is 9.80 Å². The quantitative estimate of drug-likeness (QED) is 0.800. The molecule has 1 saturated heterocycles. The minimum atomic E-state index is -0.587. The van der Waals surface area contributed by atoms with Crippen LogP contribution in [0.2, 0.25) is 0 Å². The van der Waals surface area contributed by atoms with Crippen LogP contribution in [0, 0.1) is 5.82 Å². The third-order valence-electron chi connectivity index (χ3n) is 3.17. The van der Waals surface area contributed by atoms with Gasteiger partial charge in [-0.25, -0.2) is 9.18 Å². The Hall–Kier alpha value is -2.50. The summed E-state index contributed by atoms with van der Waals surface area (Å²) in [7, 11) is 0. The second-order valence-corrected chi connectivity index (χ2v) is 4.56. The Labute approximate surface area is 121 Å². The van der Waals surface area contributed by atoms with Crippen molar-refractivity contribution in [2.24, 2.45) is 0 Å². The highest BCUT2D eigenvalue weighted by molar-refractivity contribution is 6.07. The van der Waals surface area contributed by atoms with Gasteiger partial charge in [0.2, 0.25) is 5.91 Å². The fourth-order valence-corrected chi connectivity index (χ4v) is 2.00. The van der Waals surface area contributed by atoms with Gasteiger partial charge in [0.05, 0.1) is 0 Å². The summed E-state index contributed by atoms with van der Waals surface area (Å²) in [5.74, 6) is -1.14. The Morgan fingerprint density at radius 1 is 1.19 bits per heavy atom. The molecule has 0 aromatic heterocycles. The molecule has 0 aliphatic carbocycles. The van der Waals surface area contributed by atoms with Crippen molar-refractivity contribution in [3.8, 4) is 0 Å². The number of benzene rings is 1. The Bertz CT molecular complexity index is 595. The monoisotopic (exact) mass is 290 g/mol. The lowest BCUT2D eigenvalue weighted by Gasteiger charge is -2.14. The summed E-state index contributed by atoms with van der Waals surface area (Å²) in [6.07, 6.45) is 2.96. The fourth-order valence-electron chi connectivity index (χ4n) is 2.00. The smallest absolute Gasteiger partial charge is 0.274 e. The van der Waals surface area contributed by atoms with Crippen LogP contribution in [0.15, 0.2) is 30.3 Å². The zero-order valence-electron chi connectivity index (χ0n) is 11.6. The first-order valence-electron chi connectivity index (χ1n) is 6.62. The normalized spacial score (nSPS) is 15.0. The topological polar surface area (TPSA) is 57.7 Å². The van der Waals surface area contributed by atoms with Crippen molar-refractivity contribution in [2.75, 3.05) is 13.1 Å². The van der Waals surface area contributed by atoms with E-state index in [0.29, 0.717) is 5.56 Å². The fraction of sp³-hybridized carbons (Fsp3) is 0.267. The number of amides is 4. The van der Waals surface area contributed by atoms with Gasteiger partial charge in [0.25, 0.3) is 5.91 Å². The molecule has 1 aromatic carbocycles. The van der Waals surface area contributed by atoms with Gasteiger partial charge in [-0.15, -0.1) is 0 Å². The summed E-state index contributed by atoms with van der Waals surface area (Å²) >= 11 is 0.